The van der Waals surface area contributed by atoms with Gasteiger partial charge in [-0.3, -0.25) is 4.79 Å². The van der Waals surface area contributed by atoms with Gasteiger partial charge in [0.25, 0.3) is 5.91 Å². The molecule has 2 unspecified atom stereocenters. The minimum atomic E-state index is -0.716. The molecule has 1 heterocycles. The van der Waals surface area contributed by atoms with Gasteiger partial charge >= 0.3 is 0 Å². The number of halogens is 1. The van der Waals surface area contributed by atoms with Crippen LogP contribution in [0.4, 0.5) is 0 Å². The number of hydrogen-bond acceptors (Lipinski definition) is 5. The van der Waals surface area contributed by atoms with Crippen molar-refractivity contribution in [1.82, 2.24) is 10.6 Å². The van der Waals surface area contributed by atoms with Crippen LogP contribution in [0.1, 0.15) is 63.6 Å². The van der Waals surface area contributed by atoms with Crippen LogP contribution in [0.2, 0.25) is 5.02 Å². The average Bonchev–Trinajstić information content (AvgIpc) is 2.81. The van der Waals surface area contributed by atoms with Crippen molar-refractivity contribution < 1.29 is 19.4 Å². The number of amides is 1. The van der Waals surface area contributed by atoms with Gasteiger partial charge in [-0.25, -0.2) is 0 Å². The second-order valence-corrected chi connectivity index (χ2v) is 9.79. The van der Waals surface area contributed by atoms with Crippen molar-refractivity contribution in [2.75, 3.05) is 19.7 Å². The highest BCUT2D eigenvalue weighted by molar-refractivity contribution is 6.30. The maximum absolute atomic E-state index is 11.9. The first-order chi connectivity index (χ1) is 16.3. The lowest BCUT2D eigenvalue weighted by atomic mass is 9.86. The van der Waals surface area contributed by atoms with Crippen molar-refractivity contribution in [2.24, 2.45) is 0 Å². The Morgan fingerprint density at radius 2 is 1.88 bits per heavy atom. The van der Waals surface area contributed by atoms with Crippen LogP contribution in [0.5, 0.6) is 11.5 Å². The molecular formula is C27H37ClN2O4. The van der Waals surface area contributed by atoms with Gasteiger partial charge < -0.3 is 25.2 Å². The maximum atomic E-state index is 11.9. The molecule has 0 fully saturated rings. The lowest BCUT2D eigenvalue weighted by molar-refractivity contribution is -0.123. The Labute approximate surface area is 208 Å². The van der Waals surface area contributed by atoms with Crippen LogP contribution >= 0.6 is 11.6 Å². The predicted molar refractivity (Wildman–Crippen MR) is 136 cm³/mol. The van der Waals surface area contributed by atoms with Gasteiger partial charge in [0.1, 0.15) is 23.2 Å². The van der Waals surface area contributed by atoms with Crippen LogP contribution < -0.4 is 20.1 Å². The van der Waals surface area contributed by atoms with E-state index >= 15 is 0 Å². The fourth-order valence-corrected chi connectivity index (χ4v) is 4.28. The number of nitrogens with one attached hydrogen (secondary N) is 2. The lowest BCUT2D eigenvalue weighted by Gasteiger charge is -2.42. The number of fused-ring (bicyclic) bond motifs is 1. The highest BCUT2D eigenvalue weighted by Crippen LogP contribution is 2.40. The molecule has 7 heteroatoms. The molecule has 0 aliphatic carbocycles. The smallest absolute Gasteiger partial charge is 0.257 e. The van der Waals surface area contributed by atoms with E-state index in [0.717, 1.165) is 36.1 Å². The molecule has 0 saturated heterocycles. The van der Waals surface area contributed by atoms with E-state index in [1.165, 1.54) is 12.8 Å². The number of ether oxygens (including phenoxy) is 2. The van der Waals surface area contributed by atoms with Gasteiger partial charge in [0, 0.05) is 17.1 Å². The van der Waals surface area contributed by atoms with Crippen molar-refractivity contribution in [3.05, 3.63) is 58.6 Å². The molecule has 0 aromatic heterocycles. The highest BCUT2D eigenvalue weighted by Gasteiger charge is 2.42. The highest BCUT2D eigenvalue weighted by atomic mass is 35.5. The van der Waals surface area contributed by atoms with Gasteiger partial charge in [0.05, 0.1) is 6.04 Å². The van der Waals surface area contributed by atoms with Gasteiger partial charge in [0.2, 0.25) is 0 Å². The summed E-state index contributed by atoms with van der Waals surface area (Å²) in [6.45, 7) is 7.33. The molecule has 186 valence electrons. The Bertz CT molecular complexity index is 933. The Morgan fingerprint density at radius 1 is 1.12 bits per heavy atom. The minimum absolute atomic E-state index is 0.0219. The van der Waals surface area contributed by atoms with Crippen LogP contribution in [-0.4, -0.2) is 42.4 Å². The number of rotatable bonds is 12. The molecule has 1 amide bonds. The van der Waals surface area contributed by atoms with Gasteiger partial charge in [-0.05, 0) is 69.1 Å². The molecule has 0 spiro atoms. The van der Waals surface area contributed by atoms with Crippen molar-refractivity contribution in [3.63, 3.8) is 0 Å². The maximum Gasteiger partial charge on any atom is 0.257 e. The third kappa shape index (κ3) is 7.36. The Balaban J connectivity index is 1.46. The Kier molecular flexibility index (Phi) is 9.63. The predicted octanol–water partition coefficient (Wildman–Crippen LogP) is 4.82. The zero-order valence-corrected chi connectivity index (χ0v) is 21.2. The largest absolute Gasteiger partial charge is 0.485 e. The number of carbonyl (C=O) groups excluding carboxylic acids is 1. The van der Waals surface area contributed by atoms with Crippen LogP contribution in [0.3, 0.4) is 0 Å². The summed E-state index contributed by atoms with van der Waals surface area (Å²) in [4.78, 5) is 11.9. The monoisotopic (exact) mass is 488 g/mol. The summed E-state index contributed by atoms with van der Waals surface area (Å²) in [5.41, 5.74) is 1.29. The van der Waals surface area contributed by atoms with E-state index in [4.69, 9.17) is 21.1 Å². The van der Waals surface area contributed by atoms with E-state index in [9.17, 15) is 9.90 Å². The van der Waals surface area contributed by atoms with Gasteiger partial charge in [-0.15, -0.1) is 0 Å². The van der Waals surface area contributed by atoms with Crippen LogP contribution in [0.25, 0.3) is 0 Å². The number of carbonyl (C=O) groups is 1. The summed E-state index contributed by atoms with van der Waals surface area (Å²) >= 11 is 6.19. The third-order valence-electron chi connectivity index (χ3n) is 6.13. The zero-order chi connectivity index (χ0) is 24.6. The second kappa shape index (κ2) is 12.4. The van der Waals surface area contributed by atoms with Gasteiger partial charge in [-0.1, -0.05) is 49.9 Å². The van der Waals surface area contributed by atoms with Crippen LogP contribution in [0, 0.1) is 0 Å². The topological polar surface area (TPSA) is 79.8 Å². The summed E-state index contributed by atoms with van der Waals surface area (Å²) in [6, 6.07) is 13.0. The van der Waals surface area contributed by atoms with E-state index < -0.39 is 11.7 Å². The summed E-state index contributed by atoms with van der Waals surface area (Å²) in [5.74, 6) is 1.31. The van der Waals surface area contributed by atoms with Crippen LogP contribution in [-0.2, 0) is 11.2 Å². The molecule has 3 N–H and O–H groups in total. The first-order valence-electron chi connectivity index (χ1n) is 12.2. The van der Waals surface area contributed by atoms with E-state index in [2.05, 4.69) is 17.6 Å². The van der Waals surface area contributed by atoms with Crippen molar-refractivity contribution in [1.29, 1.82) is 0 Å². The molecule has 3 rings (SSSR count). The van der Waals surface area contributed by atoms with E-state index in [-0.39, 0.29) is 18.6 Å². The Hall–Kier alpha value is -2.28. The minimum Gasteiger partial charge on any atom is -0.485 e. The SMILES string of the molecule is CCCCCCNC(=O)COc1ccc(CCNC2c3cc(Cl)ccc3OC(C)(C)C2O)cc1. The molecule has 1 aliphatic rings. The molecular weight excluding hydrogens is 452 g/mol. The molecule has 34 heavy (non-hydrogen) atoms. The second-order valence-electron chi connectivity index (χ2n) is 9.36. The van der Waals surface area contributed by atoms with Crippen LogP contribution in [0.15, 0.2) is 42.5 Å². The first kappa shape index (κ1) is 26.3. The van der Waals surface area contributed by atoms with E-state index in [1.54, 1.807) is 6.07 Å². The molecule has 2 aromatic carbocycles. The molecule has 2 aromatic rings. The average molecular weight is 489 g/mol. The molecule has 0 radical (unpaired) electrons. The van der Waals surface area contributed by atoms with E-state index in [1.807, 2.05) is 50.2 Å². The Morgan fingerprint density at radius 3 is 2.62 bits per heavy atom. The molecule has 0 saturated carbocycles. The molecule has 0 bridgehead atoms. The number of unbranched alkanes of at least 4 members (excludes halogenated alkanes) is 3. The molecule has 6 nitrogen and oxygen atoms in total. The fourth-order valence-electron chi connectivity index (χ4n) is 4.10. The third-order valence-corrected chi connectivity index (χ3v) is 6.37. The normalized spacial score (nSPS) is 18.6. The standard InChI is InChI=1S/C27H37ClN2O4/c1-4-5-6-7-15-29-24(31)18-33-21-11-8-19(9-12-21)14-16-30-25-22-17-20(28)10-13-23(22)34-27(2,3)26(25)32/h8-13,17,25-26,30,32H,4-7,14-16,18H2,1-3H3,(H,29,31). The fraction of sp³-hybridized carbons (Fsp3) is 0.519. The molecule has 1 aliphatic heterocycles. The lowest BCUT2D eigenvalue weighted by Crippen LogP contribution is -2.52. The molecule has 2 atom stereocenters. The number of aliphatic hydroxyl groups excluding tert-OH is 1. The van der Waals surface area contributed by atoms with E-state index in [0.29, 0.717) is 23.9 Å². The summed E-state index contributed by atoms with van der Waals surface area (Å²) < 4.78 is 11.6. The quantitative estimate of drug-likeness (QED) is 0.373. The zero-order valence-electron chi connectivity index (χ0n) is 20.4. The summed E-state index contributed by atoms with van der Waals surface area (Å²) in [7, 11) is 0. The number of benzene rings is 2. The van der Waals surface area contributed by atoms with Gasteiger partial charge in [-0.2, -0.15) is 0 Å². The summed E-state index contributed by atoms with van der Waals surface area (Å²) in [6.07, 6.45) is 4.58. The van der Waals surface area contributed by atoms with Crippen molar-refractivity contribution >= 4 is 17.5 Å². The van der Waals surface area contributed by atoms with Gasteiger partial charge in [0.15, 0.2) is 6.61 Å². The first-order valence-corrected chi connectivity index (χ1v) is 12.6. The summed E-state index contributed by atoms with van der Waals surface area (Å²) in [5, 5.41) is 17.9. The van der Waals surface area contributed by atoms with Crippen molar-refractivity contribution in [2.45, 2.75) is 70.6 Å². The van der Waals surface area contributed by atoms with Crippen molar-refractivity contribution in [3.8, 4) is 11.5 Å². The number of hydrogen-bond donors (Lipinski definition) is 3. The number of aliphatic hydroxyl groups is 1.